The number of benzene rings is 1. The van der Waals surface area contributed by atoms with Gasteiger partial charge in [-0.2, -0.15) is 13.2 Å². The summed E-state index contributed by atoms with van der Waals surface area (Å²) in [5.41, 5.74) is -0.762. The number of nitrogens with zero attached hydrogens (tertiary/aromatic N) is 1. The van der Waals surface area contributed by atoms with Gasteiger partial charge in [0.1, 0.15) is 0 Å². The van der Waals surface area contributed by atoms with E-state index in [-0.39, 0.29) is 23.0 Å². The maximum absolute atomic E-state index is 13.1. The molecule has 0 aliphatic heterocycles. The Hall–Kier alpha value is -2.44. The van der Waals surface area contributed by atoms with Crippen LogP contribution >= 0.6 is 0 Å². The molecule has 1 fully saturated rings. The molecule has 0 saturated heterocycles. The highest BCUT2D eigenvalue weighted by atomic mass is 19.4. The molecule has 2 aromatic rings. The second-order valence-electron chi connectivity index (χ2n) is 8.73. The summed E-state index contributed by atoms with van der Waals surface area (Å²) in [6.07, 6.45) is 0.0694. The highest BCUT2D eigenvalue weighted by molar-refractivity contribution is 6.04. The fourth-order valence-corrected chi connectivity index (χ4v) is 3.99. The molecule has 4 nitrogen and oxygen atoms in total. The Balaban J connectivity index is 2.22. The Morgan fingerprint density at radius 2 is 1.55 bits per heavy atom. The lowest BCUT2D eigenvalue weighted by atomic mass is 9.80. The van der Waals surface area contributed by atoms with E-state index in [0.29, 0.717) is 5.69 Å². The summed E-state index contributed by atoms with van der Waals surface area (Å²) < 4.78 is 40.1. The van der Waals surface area contributed by atoms with Crippen LogP contribution in [0.25, 0.3) is 5.69 Å². The van der Waals surface area contributed by atoms with Crippen molar-refractivity contribution < 1.29 is 28.2 Å². The summed E-state index contributed by atoms with van der Waals surface area (Å²) >= 11 is 0. The van der Waals surface area contributed by atoms with Crippen molar-refractivity contribution in [3.63, 3.8) is 0 Å². The second-order valence-corrected chi connectivity index (χ2v) is 8.73. The van der Waals surface area contributed by atoms with Gasteiger partial charge in [0.2, 0.25) is 5.88 Å². The molecule has 0 atom stereocenters. The van der Waals surface area contributed by atoms with Crippen LogP contribution in [-0.4, -0.2) is 20.6 Å². The van der Waals surface area contributed by atoms with Crippen molar-refractivity contribution in [1.29, 1.82) is 0 Å². The zero-order valence-corrected chi connectivity index (χ0v) is 16.8. The average molecular weight is 409 g/mol. The third-order valence-electron chi connectivity index (χ3n) is 5.51. The van der Waals surface area contributed by atoms with Crippen LogP contribution < -0.4 is 0 Å². The molecule has 29 heavy (non-hydrogen) atoms. The van der Waals surface area contributed by atoms with Gasteiger partial charge in [-0.1, -0.05) is 40.0 Å². The fraction of sp³-hybridized carbons (Fsp3) is 0.500. The number of aromatic nitrogens is 1. The molecule has 1 aliphatic rings. The van der Waals surface area contributed by atoms with E-state index in [1.807, 2.05) is 0 Å². The molecule has 0 bridgehead atoms. The molecule has 1 saturated carbocycles. The monoisotopic (exact) mass is 409 g/mol. The van der Waals surface area contributed by atoms with Crippen LogP contribution in [-0.2, 0) is 6.18 Å². The van der Waals surface area contributed by atoms with Crippen molar-refractivity contribution in [3.05, 3.63) is 41.1 Å². The van der Waals surface area contributed by atoms with E-state index < -0.39 is 28.8 Å². The van der Waals surface area contributed by atoms with E-state index in [9.17, 15) is 28.2 Å². The number of Topliss-reactive ketones (excluding diaryl/α,β-unsaturated/α-hetero) is 1. The van der Waals surface area contributed by atoms with Crippen molar-refractivity contribution in [3.8, 4) is 17.3 Å². The van der Waals surface area contributed by atoms with Crippen LogP contribution in [0.2, 0.25) is 0 Å². The maximum Gasteiger partial charge on any atom is 0.416 e. The number of hydrogen-bond acceptors (Lipinski definition) is 3. The van der Waals surface area contributed by atoms with Gasteiger partial charge >= 0.3 is 6.18 Å². The quantitative estimate of drug-likeness (QED) is 0.595. The lowest BCUT2D eigenvalue weighted by Gasteiger charge is -2.26. The molecule has 1 aromatic heterocycles. The van der Waals surface area contributed by atoms with Gasteiger partial charge < -0.3 is 10.2 Å². The van der Waals surface area contributed by atoms with Crippen LogP contribution in [0.1, 0.15) is 80.4 Å². The summed E-state index contributed by atoms with van der Waals surface area (Å²) in [6, 6.07) is 4.36. The third kappa shape index (κ3) is 4.00. The molecule has 0 spiro atoms. The number of carbonyl (C=O) groups excluding carboxylic acids is 1. The third-order valence-corrected chi connectivity index (χ3v) is 5.51. The van der Waals surface area contributed by atoms with E-state index in [1.165, 1.54) is 16.7 Å². The van der Waals surface area contributed by atoms with E-state index in [0.717, 1.165) is 44.2 Å². The van der Waals surface area contributed by atoms with E-state index >= 15 is 0 Å². The predicted octanol–water partition coefficient (Wildman–Crippen LogP) is 6.18. The number of rotatable bonds is 3. The standard InChI is InChI=1S/C22H26F3NO3/c1-21(2,3)19(28)16-17(13-7-5-4-6-8-13)26(20(29)18(16)27)15-11-9-14(10-12-15)22(23,24)25/h9-13,27,29H,4-8H2,1-3H3. The number of carbonyl (C=O) groups is 1. The van der Waals surface area contributed by atoms with Crippen LogP contribution in [0.3, 0.4) is 0 Å². The summed E-state index contributed by atoms with van der Waals surface area (Å²) in [4.78, 5) is 13.1. The van der Waals surface area contributed by atoms with Gasteiger partial charge in [0.05, 0.1) is 11.1 Å². The van der Waals surface area contributed by atoms with Gasteiger partial charge in [-0.3, -0.25) is 9.36 Å². The molecule has 1 heterocycles. The number of ketones is 1. The number of hydrogen-bond donors (Lipinski definition) is 2. The zero-order chi connectivity index (χ0) is 21.6. The van der Waals surface area contributed by atoms with Crippen LogP contribution in [0.15, 0.2) is 24.3 Å². The highest BCUT2D eigenvalue weighted by Crippen LogP contribution is 2.47. The van der Waals surface area contributed by atoms with Gasteiger partial charge in [0.25, 0.3) is 0 Å². The molecule has 1 aromatic carbocycles. The molecule has 7 heteroatoms. The van der Waals surface area contributed by atoms with Crippen molar-refractivity contribution in [2.45, 2.75) is 65.0 Å². The van der Waals surface area contributed by atoms with Crippen LogP contribution in [0.4, 0.5) is 13.2 Å². The first kappa shape index (κ1) is 21.3. The van der Waals surface area contributed by atoms with Crippen molar-refractivity contribution in [1.82, 2.24) is 4.57 Å². The SMILES string of the molecule is CC(C)(C)C(=O)c1c(O)c(O)n(-c2ccc(C(F)(F)F)cc2)c1C1CCCCC1. The first-order valence-electron chi connectivity index (χ1n) is 9.82. The summed E-state index contributed by atoms with van der Waals surface area (Å²) in [5, 5.41) is 21.3. The van der Waals surface area contributed by atoms with Gasteiger partial charge in [-0.05, 0) is 37.1 Å². The van der Waals surface area contributed by atoms with Crippen molar-refractivity contribution >= 4 is 5.78 Å². The van der Waals surface area contributed by atoms with Crippen molar-refractivity contribution in [2.24, 2.45) is 5.41 Å². The minimum absolute atomic E-state index is 0.0702. The lowest BCUT2D eigenvalue weighted by molar-refractivity contribution is -0.137. The smallest absolute Gasteiger partial charge is 0.416 e. The second kappa shape index (κ2) is 7.43. The minimum atomic E-state index is -4.47. The molecule has 0 unspecified atom stereocenters. The molecule has 0 amide bonds. The molecular weight excluding hydrogens is 383 g/mol. The summed E-state index contributed by atoms with van der Waals surface area (Å²) in [6.45, 7) is 5.18. The zero-order valence-electron chi connectivity index (χ0n) is 16.8. The molecule has 0 radical (unpaired) electrons. The predicted molar refractivity (Wildman–Crippen MR) is 104 cm³/mol. The highest BCUT2D eigenvalue weighted by Gasteiger charge is 2.37. The first-order valence-corrected chi connectivity index (χ1v) is 9.82. The largest absolute Gasteiger partial charge is 0.503 e. The Morgan fingerprint density at radius 3 is 2.03 bits per heavy atom. The summed E-state index contributed by atoms with van der Waals surface area (Å²) in [5.74, 6) is -1.40. The van der Waals surface area contributed by atoms with Gasteiger partial charge in [0, 0.05) is 22.7 Å². The molecule has 3 rings (SSSR count). The van der Waals surface area contributed by atoms with Gasteiger partial charge in [0.15, 0.2) is 11.5 Å². The number of aromatic hydroxyl groups is 2. The number of halogens is 3. The van der Waals surface area contributed by atoms with E-state index in [4.69, 9.17) is 0 Å². The summed E-state index contributed by atoms with van der Waals surface area (Å²) in [7, 11) is 0. The van der Waals surface area contributed by atoms with Gasteiger partial charge in [-0.15, -0.1) is 0 Å². The Kier molecular flexibility index (Phi) is 5.45. The lowest BCUT2D eigenvalue weighted by Crippen LogP contribution is -2.23. The molecular formula is C22H26F3NO3. The number of alkyl halides is 3. The molecule has 158 valence electrons. The topological polar surface area (TPSA) is 62.5 Å². The van der Waals surface area contributed by atoms with Crippen LogP contribution in [0, 0.1) is 5.41 Å². The molecule has 1 aliphatic carbocycles. The first-order chi connectivity index (χ1) is 13.4. The average Bonchev–Trinajstić information content (AvgIpc) is 2.91. The Bertz CT molecular complexity index is 899. The Morgan fingerprint density at radius 1 is 1.00 bits per heavy atom. The van der Waals surface area contributed by atoms with Gasteiger partial charge in [-0.25, -0.2) is 0 Å². The van der Waals surface area contributed by atoms with E-state index in [1.54, 1.807) is 20.8 Å². The normalized spacial score (nSPS) is 16.2. The fourth-order valence-electron chi connectivity index (χ4n) is 3.99. The minimum Gasteiger partial charge on any atom is -0.503 e. The maximum atomic E-state index is 13.1. The van der Waals surface area contributed by atoms with E-state index in [2.05, 4.69) is 0 Å². The Labute approximate surface area is 168 Å². The van der Waals surface area contributed by atoms with Crippen LogP contribution in [0.5, 0.6) is 11.6 Å². The van der Waals surface area contributed by atoms with Crippen molar-refractivity contribution in [2.75, 3.05) is 0 Å². The molecule has 2 N–H and O–H groups in total.